The standard InChI is InChI=1S/C23H21ClN4O3/c1-15(7-8-16-5-3-2-4-6-16)26-19(29)13-28-14-25-22-20(23(28)30)21(27-31-22)17-9-11-18(24)12-10-17/h2-6,9-12,14-15H,7-8,13H2,1H3,(H,26,29)/t15-/m0/s1. The maximum atomic E-state index is 13.0. The minimum Gasteiger partial charge on any atom is -0.352 e. The number of nitrogens with zero attached hydrogens (tertiary/aromatic N) is 3. The number of hydrogen-bond donors (Lipinski definition) is 1. The third-order valence-electron chi connectivity index (χ3n) is 5.01. The van der Waals surface area contributed by atoms with Gasteiger partial charge in [-0.1, -0.05) is 59.2 Å². The molecule has 0 aliphatic carbocycles. The smallest absolute Gasteiger partial charge is 0.267 e. The van der Waals surface area contributed by atoms with Crippen LogP contribution >= 0.6 is 11.6 Å². The number of amides is 1. The predicted molar refractivity (Wildman–Crippen MR) is 119 cm³/mol. The van der Waals surface area contributed by atoms with Crippen LogP contribution in [0.25, 0.3) is 22.4 Å². The zero-order chi connectivity index (χ0) is 21.8. The van der Waals surface area contributed by atoms with Gasteiger partial charge in [-0.05, 0) is 37.5 Å². The number of carbonyl (C=O) groups is 1. The summed E-state index contributed by atoms with van der Waals surface area (Å²) in [7, 11) is 0. The Morgan fingerprint density at radius 3 is 2.65 bits per heavy atom. The maximum Gasteiger partial charge on any atom is 0.267 e. The number of aromatic nitrogens is 3. The molecule has 0 saturated carbocycles. The molecule has 2 aromatic carbocycles. The van der Waals surface area contributed by atoms with Gasteiger partial charge in [0.05, 0.1) is 0 Å². The molecule has 7 nitrogen and oxygen atoms in total. The second-order valence-corrected chi connectivity index (χ2v) is 7.83. The van der Waals surface area contributed by atoms with Crippen LogP contribution in [0.15, 0.2) is 70.2 Å². The van der Waals surface area contributed by atoms with E-state index in [1.807, 2.05) is 25.1 Å². The first kappa shape index (κ1) is 20.8. The molecule has 0 aliphatic heterocycles. The number of fused-ring (bicyclic) bond motifs is 1. The molecule has 1 atom stereocenters. The average molecular weight is 437 g/mol. The summed E-state index contributed by atoms with van der Waals surface area (Å²) in [6.45, 7) is 1.81. The van der Waals surface area contributed by atoms with Crippen molar-refractivity contribution in [1.82, 2.24) is 20.0 Å². The van der Waals surface area contributed by atoms with Crippen molar-refractivity contribution in [2.45, 2.75) is 32.4 Å². The van der Waals surface area contributed by atoms with E-state index in [1.54, 1.807) is 24.3 Å². The normalized spacial score (nSPS) is 12.1. The Bertz CT molecular complexity index is 1250. The summed E-state index contributed by atoms with van der Waals surface area (Å²) in [5.41, 5.74) is 2.01. The molecule has 0 fully saturated rings. The molecule has 4 rings (SSSR count). The van der Waals surface area contributed by atoms with Crippen molar-refractivity contribution in [2.75, 3.05) is 0 Å². The highest BCUT2D eigenvalue weighted by molar-refractivity contribution is 6.30. The number of benzene rings is 2. The Kier molecular flexibility index (Phi) is 6.13. The van der Waals surface area contributed by atoms with Gasteiger partial charge in [0.15, 0.2) is 0 Å². The molecule has 1 N–H and O–H groups in total. The van der Waals surface area contributed by atoms with Crippen LogP contribution in [0.5, 0.6) is 0 Å². The fourth-order valence-electron chi connectivity index (χ4n) is 3.37. The first-order valence-corrected chi connectivity index (χ1v) is 10.3. The third-order valence-corrected chi connectivity index (χ3v) is 5.26. The van der Waals surface area contributed by atoms with Gasteiger partial charge in [0, 0.05) is 16.6 Å². The first-order chi connectivity index (χ1) is 15.0. The van der Waals surface area contributed by atoms with Crippen LogP contribution in [0.3, 0.4) is 0 Å². The highest BCUT2D eigenvalue weighted by Crippen LogP contribution is 2.25. The fourth-order valence-corrected chi connectivity index (χ4v) is 3.50. The van der Waals surface area contributed by atoms with Crippen LogP contribution < -0.4 is 10.9 Å². The van der Waals surface area contributed by atoms with Gasteiger partial charge in [0.1, 0.15) is 24.0 Å². The SMILES string of the molecule is C[C@@H](CCc1ccccc1)NC(=O)Cn1cnc2onc(-c3ccc(Cl)cc3)c2c1=O. The lowest BCUT2D eigenvalue weighted by atomic mass is 10.1. The molecule has 2 heterocycles. The van der Waals surface area contributed by atoms with E-state index in [0.29, 0.717) is 16.3 Å². The van der Waals surface area contributed by atoms with Crippen molar-refractivity contribution in [1.29, 1.82) is 0 Å². The molecule has 0 saturated heterocycles. The molecule has 158 valence electrons. The molecule has 2 aromatic heterocycles. The van der Waals surface area contributed by atoms with Gasteiger partial charge >= 0.3 is 0 Å². The van der Waals surface area contributed by atoms with Gasteiger partial charge in [-0.2, -0.15) is 0 Å². The number of aryl methyl sites for hydroxylation is 1. The Morgan fingerprint density at radius 2 is 1.90 bits per heavy atom. The molecule has 31 heavy (non-hydrogen) atoms. The third kappa shape index (κ3) is 4.83. The Labute approximate surface area is 183 Å². The van der Waals surface area contributed by atoms with Crippen LogP contribution in [0.2, 0.25) is 5.02 Å². The van der Waals surface area contributed by atoms with Gasteiger partial charge in [0.2, 0.25) is 5.91 Å². The summed E-state index contributed by atoms with van der Waals surface area (Å²) in [4.78, 5) is 29.6. The van der Waals surface area contributed by atoms with Crippen LogP contribution in [0, 0.1) is 0 Å². The van der Waals surface area contributed by atoms with E-state index in [2.05, 4.69) is 27.6 Å². The van der Waals surface area contributed by atoms with Crippen molar-refractivity contribution in [3.8, 4) is 11.3 Å². The zero-order valence-electron chi connectivity index (χ0n) is 16.9. The van der Waals surface area contributed by atoms with Crippen molar-refractivity contribution < 1.29 is 9.32 Å². The summed E-state index contributed by atoms with van der Waals surface area (Å²) in [5.74, 6) is -0.256. The van der Waals surface area contributed by atoms with Gasteiger partial charge in [-0.15, -0.1) is 0 Å². The summed E-state index contributed by atoms with van der Waals surface area (Å²) >= 11 is 5.94. The fraction of sp³-hybridized carbons (Fsp3) is 0.217. The van der Waals surface area contributed by atoms with Crippen molar-refractivity contribution in [3.63, 3.8) is 0 Å². The van der Waals surface area contributed by atoms with E-state index in [1.165, 1.54) is 16.5 Å². The van der Waals surface area contributed by atoms with E-state index in [4.69, 9.17) is 16.1 Å². The number of nitrogens with one attached hydrogen (secondary N) is 1. The predicted octanol–water partition coefficient (Wildman–Crippen LogP) is 3.84. The van der Waals surface area contributed by atoms with Crippen LogP contribution in [0.1, 0.15) is 18.9 Å². The lowest BCUT2D eigenvalue weighted by molar-refractivity contribution is -0.122. The molecule has 0 radical (unpaired) electrons. The molecule has 0 aliphatic rings. The quantitative estimate of drug-likeness (QED) is 0.475. The molecular weight excluding hydrogens is 416 g/mol. The second kappa shape index (κ2) is 9.14. The van der Waals surface area contributed by atoms with Gasteiger partial charge < -0.3 is 9.84 Å². The Morgan fingerprint density at radius 1 is 1.16 bits per heavy atom. The highest BCUT2D eigenvalue weighted by Gasteiger charge is 2.18. The van der Waals surface area contributed by atoms with Crippen molar-refractivity contribution in [3.05, 3.63) is 81.9 Å². The van der Waals surface area contributed by atoms with Gasteiger partial charge in [0.25, 0.3) is 11.3 Å². The van der Waals surface area contributed by atoms with Gasteiger partial charge in [-0.25, -0.2) is 4.98 Å². The summed E-state index contributed by atoms with van der Waals surface area (Å²) in [6.07, 6.45) is 2.96. The molecule has 0 unspecified atom stereocenters. The number of rotatable bonds is 7. The maximum absolute atomic E-state index is 13.0. The van der Waals surface area contributed by atoms with Crippen molar-refractivity contribution >= 4 is 28.6 Å². The largest absolute Gasteiger partial charge is 0.352 e. The minimum absolute atomic E-state index is 0.0275. The topological polar surface area (TPSA) is 90.0 Å². The van der Waals surface area contributed by atoms with Crippen LogP contribution in [0.4, 0.5) is 0 Å². The molecular formula is C23H21ClN4O3. The van der Waals surface area contributed by atoms with E-state index < -0.39 is 0 Å². The lowest BCUT2D eigenvalue weighted by Gasteiger charge is -2.14. The van der Waals surface area contributed by atoms with Crippen molar-refractivity contribution in [2.24, 2.45) is 0 Å². The van der Waals surface area contributed by atoms with Crippen LogP contribution in [-0.2, 0) is 17.8 Å². The van der Waals surface area contributed by atoms with E-state index in [-0.39, 0.29) is 35.2 Å². The first-order valence-electron chi connectivity index (χ1n) is 9.95. The molecule has 0 spiro atoms. The monoisotopic (exact) mass is 436 g/mol. The number of hydrogen-bond acceptors (Lipinski definition) is 5. The van der Waals surface area contributed by atoms with Gasteiger partial charge in [-0.3, -0.25) is 14.2 Å². The van der Waals surface area contributed by atoms with E-state index >= 15 is 0 Å². The summed E-state index contributed by atoms with van der Waals surface area (Å²) in [5, 5.41) is 7.73. The zero-order valence-corrected chi connectivity index (χ0v) is 17.7. The molecule has 0 bridgehead atoms. The Hall–Kier alpha value is -3.45. The molecule has 1 amide bonds. The molecule has 4 aromatic rings. The molecule has 8 heteroatoms. The number of halogens is 1. The minimum atomic E-state index is -0.386. The van der Waals surface area contributed by atoms with E-state index in [0.717, 1.165) is 12.8 Å². The highest BCUT2D eigenvalue weighted by atomic mass is 35.5. The van der Waals surface area contributed by atoms with Crippen LogP contribution in [-0.4, -0.2) is 26.7 Å². The average Bonchev–Trinajstić information content (AvgIpc) is 3.20. The summed E-state index contributed by atoms with van der Waals surface area (Å²) < 4.78 is 6.47. The lowest BCUT2D eigenvalue weighted by Crippen LogP contribution is -2.37. The Balaban J connectivity index is 1.47. The number of carbonyl (C=O) groups excluding carboxylic acids is 1. The summed E-state index contributed by atoms with van der Waals surface area (Å²) in [6, 6.07) is 17.0. The second-order valence-electron chi connectivity index (χ2n) is 7.39. The van der Waals surface area contributed by atoms with E-state index in [9.17, 15) is 9.59 Å².